The molecule has 1 fully saturated rings. The van der Waals surface area contributed by atoms with Gasteiger partial charge in [-0.3, -0.25) is 14.2 Å². The Morgan fingerprint density at radius 1 is 1.31 bits per heavy atom. The number of hydrogen-bond donors (Lipinski definition) is 0. The average Bonchev–Trinajstić information content (AvgIpc) is 3.27. The zero-order valence-electron chi connectivity index (χ0n) is 16.2. The Kier molecular flexibility index (Phi) is 5.04. The van der Waals surface area contributed by atoms with Gasteiger partial charge in [0.05, 0.1) is 23.2 Å². The molecular formula is C20H21N3O4S2. The van der Waals surface area contributed by atoms with Gasteiger partial charge in [-0.25, -0.2) is 13.4 Å². The maximum absolute atomic E-state index is 13.1. The number of nitrogens with zero attached hydrogens (tertiary/aromatic N) is 3. The number of likely N-dealkylation sites (N-methyl/N-ethyl adjacent to an activating group) is 1. The molecule has 0 radical (unpaired) electrons. The molecule has 1 amide bonds. The van der Waals surface area contributed by atoms with Gasteiger partial charge in [0.2, 0.25) is 5.91 Å². The molecule has 29 heavy (non-hydrogen) atoms. The van der Waals surface area contributed by atoms with Gasteiger partial charge < -0.3 is 4.90 Å². The molecule has 1 saturated heterocycles. The lowest BCUT2D eigenvalue weighted by Crippen LogP contribution is -2.41. The lowest BCUT2D eigenvalue weighted by molar-refractivity contribution is -0.132. The molecule has 7 nitrogen and oxygen atoms in total. The fourth-order valence-electron chi connectivity index (χ4n) is 3.57. The van der Waals surface area contributed by atoms with E-state index in [1.54, 1.807) is 7.05 Å². The predicted molar refractivity (Wildman–Crippen MR) is 114 cm³/mol. The van der Waals surface area contributed by atoms with E-state index in [0.717, 1.165) is 16.7 Å². The standard InChI is InChI=1S/C20H21N3O4S2/c1-13-3-5-14(6-4-13)16-10-28-19-18(16)20(25)23(12-21-19)9-17(24)22(2)15-7-8-29(26,27)11-15/h3-6,10,12,15H,7-9,11H2,1-2H3/t15-/m1/s1. The van der Waals surface area contributed by atoms with Crippen molar-refractivity contribution in [2.75, 3.05) is 18.6 Å². The minimum atomic E-state index is -3.09. The van der Waals surface area contributed by atoms with E-state index in [0.29, 0.717) is 16.6 Å². The largest absolute Gasteiger partial charge is 0.340 e. The first kappa shape index (κ1) is 19.8. The highest BCUT2D eigenvalue weighted by Gasteiger charge is 2.32. The Morgan fingerprint density at radius 2 is 2.03 bits per heavy atom. The Labute approximate surface area is 172 Å². The molecule has 0 spiro atoms. The molecule has 3 heterocycles. The van der Waals surface area contributed by atoms with Crippen molar-refractivity contribution in [2.45, 2.75) is 25.9 Å². The summed E-state index contributed by atoms with van der Waals surface area (Å²) in [4.78, 5) is 32.2. The van der Waals surface area contributed by atoms with Crippen molar-refractivity contribution in [3.8, 4) is 11.1 Å². The van der Waals surface area contributed by atoms with E-state index in [2.05, 4.69) is 4.98 Å². The Hall–Kier alpha value is -2.52. The second kappa shape index (κ2) is 7.38. The van der Waals surface area contributed by atoms with E-state index >= 15 is 0 Å². The van der Waals surface area contributed by atoms with Crippen LogP contribution in [-0.2, 0) is 21.2 Å². The maximum Gasteiger partial charge on any atom is 0.263 e. The smallest absolute Gasteiger partial charge is 0.263 e. The van der Waals surface area contributed by atoms with Crippen LogP contribution in [0.2, 0.25) is 0 Å². The molecule has 0 N–H and O–H groups in total. The van der Waals surface area contributed by atoms with Crippen molar-refractivity contribution >= 4 is 37.3 Å². The minimum absolute atomic E-state index is 0.0243. The molecule has 1 aromatic carbocycles. The summed E-state index contributed by atoms with van der Waals surface area (Å²) in [5, 5.41) is 2.41. The Morgan fingerprint density at radius 3 is 2.69 bits per heavy atom. The maximum atomic E-state index is 13.1. The van der Waals surface area contributed by atoms with E-state index in [1.165, 1.54) is 27.1 Å². The van der Waals surface area contributed by atoms with Crippen LogP contribution in [-0.4, -0.2) is 53.4 Å². The lowest BCUT2D eigenvalue weighted by Gasteiger charge is -2.23. The molecule has 152 valence electrons. The van der Waals surface area contributed by atoms with E-state index in [1.807, 2.05) is 36.6 Å². The third kappa shape index (κ3) is 3.84. The van der Waals surface area contributed by atoms with Crippen molar-refractivity contribution in [3.05, 3.63) is 51.9 Å². The Balaban J connectivity index is 1.64. The molecule has 9 heteroatoms. The van der Waals surface area contributed by atoms with E-state index in [4.69, 9.17) is 0 Å². The number of carbonyl (C=O) groups is 1. The van der Waals surface area contributed by atoms with Crippen LogP contribution in [0.15, 0.2) is 40.8 Å². The van der Waals surface area contributed by atoms with Crippen LogP contribution in [0.4, 0.5) is 0 Å². The zero-order valence-corrected chi connectivity index (χ0v) is 17.8. The van der Waals surface area contributed by atoms with Crippen LogP contribution in [0.3, 0.4) is 0 Å². The fraction of sp³-hybridized carbons (Fsp3) is 0.350. The summed E-state index contributed by atoms with van der Waals surface area (Å²) < 4.78 is 24.7. The average molecular weight is 432 g/mol. The second-order valence-corrected chi connectivity index (χ2v) is 10.5. The van der Waals surface area contributed by atoms with Crippen LogP contribution in [0.25, 0.3) is 21.3 Å². The van der Waals surface area contributed by atoms with Crippen molar-refractivity contribution in [1.29, 1.82) is 0 Å². The number of aromatic nitrogens is 2. The first-order valence-electron chi connectivity index (χ1n) is 9.25. The third-order valence-electron chi connectivity index (χ3n) is 5.38. The zero-order chi connectivity index (χ0) is 20.8. The molecule has 3 aromatic rings. The summed E-state index contributed by atoms with van der Waals surface area (Å²) in [5.41, 5.74) is 2.59. The van der Waals surface area contributed by atoms with Crippen LogP contribution < -0.4 is 5.56 Å². The SMILES string of the molecule is Cc1ccc(-c2csc3ncn(CC(=O)N(C)[C@@H]4CCS(=O)(=O)C4)c(=O)c23)cc1. The molecule has 0 unspecified atom stereocenters. The molecule has 0 saturated carbocycles. The summed E-state index contributed by atoms with van der Waals surface area (Å²) in [6.07, 6.45) is 1.82. The number of thiophene rings is 1. The normalized spacial score (nSPS) is 18.2. The summed E-state index contributed by atoms with van der Waals surface area (Å²) in [6.45, 7) is 1.83. The molecule has 4 rings (SSSR count). The lowest BCUT2D eigenvalue weighted by atomic mass is 10.1. The van der Waals surface area contributed by atoms with Gasteiger partial charge in [-0.1, -0.05) is 29.8 Å². The van der Waals surface area contributed by atoms with Gasteiger partial charge in [0.15, 0.2) is 9.84 Å². The summed E-state index contributed by atoms with van der Waals surface area (Å²) in [6, 6.07) is 7.56. The van der Waals surface area contributed by atoms with Crippen molar-refractivity contribution in [1.82, 2.24) is 14.5 Å². The van der Waals surface area contributed by atoms with Gasteiger partial charge in [-0.2, -0.15) is 0 Å². The number of hydrogen-bond acceptors (Lipinski definition) is 6. The van der Waals surface area contributed by atoms with Gasteiger partial charge in [0, 0.05) is 24.0 Å². The van der Waals surface area contributed by atoms with Gasteiger partial charge in [-0.05, 0) is 18.9 Å². The van der Waals surface area contributed by atoms with E-state index in [-0.39, 0.29) is 35.6 Å². The van der Waals surface area contributed by atoms with E-state index < -0.39 is 9.84 Å². The Bertz CT molecular complexity index is 1240. The first-order chi connectivity index (χ1) is 13.7. The second-order valence-electron chi connectivity index (χ2n) is 7.43. The molecule has 1 atom stereocenters. The molecular weight excluding hydrogens is 410 g/mol. The molecule has 1 aliphatic rings. The van der Waals surface area contributed by atoms with E-state index in [9.17, 15) is 18.0 Å². The monoisotopic (exact) mass is 431 g/mol. The number of carbonyl (C=O) groups excluding carboxylic acids is 1. The number of aryl methyl sites for hydroxylation is 1. The minimum Gasteiger partial charge on any atom is -0.340 e. The van der Waals surface area contributed by atoms with Gasteiger partial charge in [0.25, 0.3) is 5.56 Å². The molecule has 2 aromatic heterocycles. The molecule has 1 aliphatic heterocycles. The number of sulfone groups is 1. The molecule has 0 aliphatic carbocycles. The highest BCUT2D eigenvalue weighted by molar-refractivity contribution is 7.91. The number of fused-ring (bicyclic) bond motifs is 1. The fourth-order valence-corrected chi connectivity index (χ4v) is 6.25. The topological polar surface area (TPSA) is 89.3 Å². The highest BCUT2D eigenvalue weighted by atomic mass is 32.2. The van der Waals surface area contributed by atoms with Gasteiger partial charge >= 0.3 is 0 Å². The van der Waals surface area contributed by atoms with Crippen LogP contribution >= 0.6 is 11.3 Å². The van der Waals surface area contributed by atoms with Crippen molar-refractivity contribution < 1.29 is 13.2 Å². The van der Waals surface area contributed by atoms with Gasteiger partial charge in [-0.15, -0.1) is 11.3 Å². The number of benzene rings is 1. The summed E-state index contributed by atoms with van der Waals surface area (Å²) in [5.74, 6) is -0.233. The van der Waals surface area contributed by atoms with Crippen molar-refractivity contribution in [3.63, 3.8) is 0 Å². The third-order valence-corrected chi connectivity index (χ3v) is 8.02. The van der Waals surface area contributed by atoms with Crippen LogP contribution in [0.1, 0.15) is 12.0 Å². The first-order valence-corrected chi connectivity index (χ1v) is 11.9. The van der Waals surface area contributed by atoms with Crippen LogP contribution in [0.5, 0.6) is 0 Å². The summed E-state index contributed by atoms with van der Waals surface area (Å²) >= 11 is 1.39. The quantitative estimate of drug-likeness (QED) is 0.631. The predicted octanol–water partition coefficient (Wildman–Crippen LogP) is 2.08. The molecule has 0 bridgehead atoms. The highest BCUT2D eigenvalue weighted by Crippen LogP contribution is 2.30. The van der Waals surface area contributed by atoms with Crippen LogP contribution in [0, 0.1) is 6.92 Å². The van der Waals surface area contributed by atoms with Crippen molar-refractivity contribution in [2.24, 2.45) is 0 Å². The van der Waals surface area contributed by atoms with Gasteiger partial charge in [0.1, 0.15) is 11.4 Å². The number of amides is 1. The number of rotatable bonds is 4. The summed E-state index contributed by atoms with van der Waals surface area (Å²) in [7, 11) is -1.50.